The minimum absolute atomic E-state index is 0.546. The van der Waals surface area contributed by atoms with Crippen LogP contribution in [0.2, 0.25) is 0 Å². The Bertz CT molecular complexity index is 336. The number of aryl methyl sites for hydroxylation is 1. The van der Waals surface area contributed by atoms with Gasteiger partial charge in [0.2, 0.25) is 0 Å². The van der Waals surface area contributed by atoms with Crippen LogP contribution in [0.5, 0.6) is 0 Å². The van der Waals surface area contributed by atoms with Gasteiger partial charge in [0.05, 0.1) is 0 Å². The van der Waals surface area contributed by atoms with Gasteiger partial charge in [-0.2, -0.15) is 0 Å². The molecule has 1 atom stereocenters. The van der Waals surface area contributed by atoms with E-state index in [0.29, 0.717) is 6.04 Å². The second-order valence-electron chi connectivity index (χ2n) is 4.88. The Labute approximate surface area is 114 Å². The van der Waals surface area contributed by atoms with Crippen molar-refractivity contribution in [2.45, 2.75) is 58.9 Å². The fraction of sp³-hybridized carbons (Fsp3) is 0.600. The first-order chi connectivity index (χ1) is 8.13. The Morgan fingerprint density at radius 1 is 1.24 bits per heavy atom. The molecule has 0 saturated carbocycles. The van der Waals surface area contributed by atoms with Crippen LogP contribution in [0.1, 0.15) is 51.5 Å². The lowest BCUT2D eigenvalue weighted by atomic mass is 10.1. The maximum Gasteiger partial charge on any atom is 0.0489 e. The minimum Gasteiger partial charge on any atom is -0.382 e. The Hall–Kier alpha value is -0.500. The van der Waals surface area contributed by atoms with Gasteiger partial charge < -0.3 is 5.32 Å². The highest BCUT2D eigenvalue weighted by Gasteiger charge is 2.05. The molecule has 0 aromatic heterocycles. The number of unbranched alkanes of at least 4 members (excludes halogenated alkanes) is 3. The zero-order valence-corrected chi connectivity index (χ0v) is 12.8. The molecule has 1 rings (SSSR count). The molecule has 0 saturated heterocycles. The highest BCUT2D eigenvalue weighted by atomic mass is 79.9. The van der Waals surface area contributed by atoms with Gasteiger partial charge in [-0.3, -0.25) is 0 Å². The minimum atomic E-state index is 0.546. The Morgan fingerprint density at radius 2 is 2.00 bits per heavy atom. The van der Waals surface area contributed by atoms with Crippen molar-refractivity contribution in [2.75, 3.05) is 5.32 Å². The van der Waals surface area contributed by atoms with Crippen LogP contribution in [-0.2, 0) is 0 Å². The molecule has 1 aromatic rings. The highest BCUT2D eigenvalue weighted by Crippen LogP contribution is 2.24. The summed E-state index contributed by atoms with van der Waals surface area (Å²) in [5.74, 6) is 0. The lowest BCUT2D eigenvalue weighted by Crippen LogP contribution is -2.15. The molecule has 0 radical (unpaired) electrons. The van der Waals surface area contributed by atoms with Gasteiger partial charge in [-0.15, -0.1) is 0 Å². The van der Waals surface area contributed by atoms with Crippen LogP contribution < -0.4 is 5.32 Å². The number of hydrogen-bond donors (Lipinski definition) is 1. The average molecular weight is 298 g/mol. The first-order valence-electron chi connectivity index (χ1n) is 6.66. The summed E-state index contributed by atoms with van der Waals surface area (Å²) >= 11 is 3.59. The summed E-state index contributed by atoms with van der Waals surface area (Å²) in [5, 5.41) is 3.58. The largest absolute Gasteiger partial charge is 0.382 e. The number of rotatable bonds is 7. The molecule has 2 heteroatoms. The van der Waals surface area contributed by atoms with Crippen LogP contribution in [0.3, 0.4) is 0 Å². The third kappa shape index (κ3) is 5.58. The molecule has 17 heavy (non-hydrogen) atoms. The lowest BCUT2D eigenvalue weighted by molar-refractivity contribution is 0.594. The summed E-state index contributed by atoms with van der Waals surface area (Å²) < 4.78 is 1.16. The van der Waals surface area contributed by atoms with E-state index < -0.39 is 0 Å². The molecular weight excluding hydrogens is 274 g/mol. The molecule has 1 N–H and O–H groups in total. The zero-order valence-electron chi connectivity index (χ0n) is 11.2. The number of hydrogen-bond acceptors (Lipinski definition) is 1. The Morgan fingerprint density at radius 3 is 2.71 bits per heavy atom. The zero-order chi connectivity index (χ0) is 12.7. The maximum atomic E-state index is 3.59. The molecule has 0 bridgehead atoms. The van der Waals surface area contributed by atoms with Gasteiger partial charge in [0.15, 0.2) is 0 Å². The summed E-state index contributed by atoms with van der Waals surface area (Å²) in [6.07, 6.45) is 6.61. The molecule has 0 fully saturated rings. The molecular formula is C15H24BrN. The predicted molar refractivity (Wildman–Crippen MR) is 80.7 cm³/mol. The van der Waals surface area contributed by atoms with Crippen LogP contribution >= 0.6 is 15.9 Å². The number of halogens is 1. The number of anilines is 1. The van der Waals surface area contributed by atoms with E-state index >= 15 is 0 Å². The summed E-state index contributed by atoms with van der Waals surface area (Å²) in [6, 6.07) is 6.99. The summed E-state index contributed by atoms with van der Waals surface area (Å²) in [5.41, 5.74) is 2.52. The van der Waals surface area contributed by atoms with Crippen LogP contribution in [0.4, 0.5) is 5.69 Å². The van der Waals surface area contributed by atoms with Crippen molar-refractivity contribution in [3.8, 4) is 0 Å². The Balaban J connectivity index is 2.39. The normalized spacial score (nSPS) is 12.5. The first-order valence-corrected chi connectivity index (χ1v) is 7.45. The molecule has 96 valence electrons. The van der Waals surface area contributed by atoms with Gasteiger partial charge in [-0.05, 0) is 53.9 Å². The molecule has 0 spiro atoms. The van der Waals surface area contributed by atoms with E-state index in [4.69, 9.17) is 0 Å². The van der Waals surface area contributed by atoms with Gasteiger partial charge in [0.25, 0.3) is 0 Å². The van der Waals surface area contributed by atoms with Crippen LogP contribution in [-0.4, -0.2) is 6.04 Å². The molecule has 0 aliphatic heterocycles. The highest BCUT2D eigenvalue weighted by molar-refractivity contribution is 9.10. The van der Waals surface area contributed by atoms with Crippen molar-refractivity contribution in [1.29, 1.82) is 0 Å². The second kappa shape index (κ2) is 7.75. The van der Waals surface area contributed by atoms with Crippen LogP contribution in [0, 0.1) is 6.92 Å². The quantitative estimate of drug-likeness (QED) is 0.653. The third-order valence-electron chi connectivity index (χ3n) is 3.01. The molecule has 1 aromatic carbocycles. The van der Waals surface area contributed by atoms with Crippen molar-refractivity contribution in [3.63, 3.8) is 0 Å². The van der Waals surface area contributed by atoms with Crippen molar-refractivity contribution in [3.05, 3.63) is 28.2 Å². The fourth-order valence-corrected chi connectivity index (χ4v) is 2.33. The van der Waals surface area contributed by atoms with E-state index in [-0.39, 0.29) is 0 Å². The summed E-state index contributed by atoms with van der Waals surface area (Å²) in [4.78, 5) is 0. The van der Waals surface area contributed by atoms with E-state index in [1.54, 1.807) is 0 Å². The molecule has 1 nitrogen and oxygen atoms in total. The molecule has 0 amide bonds. The molecule has 0 aliphatic carbocycles. The number of benzene rings is 1. The van der Waals surface area contributed by atoms with E-state index in [9.17, 15) is 0 Å². The van der Waals surface area contributed by atoms with E-state index in [2.05, 4.69) is 60.2 Å². The molecule has 0 aliphatic rings. The lowest BCUT2D eigenvalue weighted by Gasteiger charge is -2.16. The fourth-order valence-electron chi connectivity index (χ4n) is 1.96. The van der Waals surface area contributed by atoms with Crippen LogP contribution in [0.15, 0.2) is 22.7 Å². The van der Waals surface area contributed by atoms with Crippen molar-refractivity contribution >= 4 is 21.6 Å². The van der Waals surface area contributed by atoms with Gasteiger partial charge in [-0.25, -0.2) is 0 Å². The van der Waals surface area contributed by atoms with E-state index in [0.717, 1.165) is 4.47 Å². The molecule has 1 unspecified atom stereocenters. The second-order valence-corrected chi connectivity index (χ2v) is 5.73. The standard InChI is InChI=1S/C15H24BrN/c1-4-5-6-7-8-13(3)17-15-11-12(2)9-10-14(15)16/h9-11,13,17H,4-8H2,1-3H3. The van der Waals surface area contributed by atoms with Gasteiger partial charge in [0.1, 0.15) is 0 Å². The van der Waals surface area contributed by atoms with Gasteiger partial charge >= 0.3 is 0 Å². The van der Waals surface area contributed by atoms with Gasteiger partial charge in [-0.1, -0.05) is 38.7 Å². The first kappa shape index (κ1) is 14.6. The average Bonchev–Trinajstić information content (AvgIpc) is 2.29. The third-order valence-corrected chi connectivity index (χ3v) is 3.71. The SMILES string of the molecule is CCCCCCC(C)Nc1cc(C)ccc1Br. The van der Waals surface area contributed by atoms with Gasteiger partial charge in [0, 0.05) is 16.2 Å². The topological polar surface area (TPSA) is 12.0 Å². The smallest absolute Gasteiger partial charge is 0.0489 e. The molecule has 0 heterocycles. The van der Waals surface area contributed by atoms with E-state index in [1.165, 1.54) is 43.4 Å². The predicted octanol–water partition coefficient (Wildman–Crippen LogP) is 5.53. The Kier molecular flexibility index (Phi) is 6.64. The van der Waals surface area contributed by atoms with Crippen LogP contribution in [0.25, 0.3) is 0 Å². The monoisotopic (exact) mass is 297 g/mol. The number of nitrogens with one attached hydrogen (secondary N) is 1. The van der Waals surface area contributed by atoms with Crippen molar-refractivity contribution < 1.29 is 0 Å². The summed E-state index contributed by atoms with van der Waals surface area (Å²) in [6.45, 7) is 6.65. The maximum absolute atomic E-state index is 3.59. The van der Waals surface area contributed by atoms with Crippen molar-refractivity contribution in [2.24, 2.45) is 0 Å². The van der Waals surface area contributed by atoms with Crippen molar-refractivity contribution in [1.82, 2.24) is 0 Å². The van der Waals surface area contributed by atoms with E-state index in [1.807, 2.05) is 0 Å². The summed E-state index contributed by atoms with van der Waals surface area (Å²) in [7, 11) is 0.